The summed E-state index contributed by atoms with van der Waals surface area (Å²) in [6.45, 7) is 6.34. The van der Waals surface area contributed by atoms with Crippen molar-refractivity contribution in [1.29, 1.82) is 0 Å². The second-order valence-corrected chi connectivity index (χ2v) is 4.16. The van der Waals surface area contributed by atoms with Crippen molar-refractivity contribution in [2.75, 3.05) is 5.75 Å². The predicted molar refractivity (Wildman–Crippen MR) is 58.0 cm³/mol. The Hall–Kier alpha value is -0.570. The smallest absolute Gasteiger partial charge is 0.138 e. The van der Waals surface area contributed by atoms with Gasteiger partial charge in [0.25, 0.3) is 0 Å². The fourth-order valence-corrected chi connectivity index (χ4v) is 1.68. The highest BCUT2D eigenvalue weighted by atomic mass is 32.2. The van der Waals surface area contributed by atoms with Crippen LogP contribution in [-0.4, -0.2) is 15.7 Å². The summed E-state index contributed by atoms with van der Waals surface area (Å²) in [6, 6.07) is 0. The number of hydrogen-bond acceptors (Lipinski definition) is 3. The lowest BCUT2D eigenvalue weighted by molar-refractivity contribution is 0.938. The van der Waals surface area contributed by atoms with E-state index in [0.29, 0.717) is 0 Å². The molecule has 72 valence electrons. The Labute approximate surface area is 84.2 Å². The highest BCUT2D eigenvalue weighted by Crippen LogP contribution is 2.10. The minimum atomic E-state index is 0.932. The molecule has 1 aromatic rings. The molecule has 0 unspecified atom stereocenters. The van der Waals surface area contributed by atoms with Crippen LogP contribution in [0, 0.1) is 6.92 Å². The SMILES string of the molecule is CCSCc1ncc(CC)c(C)n1. The predicted octanol–water partition coefficient (Wildman–Crippen LogP) is 2.60. The van der Waals surface area contributed by atoms with E-state index >= 15 is 0 Å². The highest BCUT2D eigenvalue weighted by Gasteiger charge is 2.00. The molecule has 0 bridgehead atoms. The Bertz CT molecular complexity index is 274. The summed E-state index contributed by atoms with van der Waals surface area (Å²) >= 11 is 1.86. The van der Waals surface area contributed by atoms with E-state index in [4.69, 9.17) is 0 Å². The maximum atomic E-state index is 4.45. The molecule has 0 saturated carbocycles. The van der Waals surface area contributed by atoms with E-state index < -0.39 is 0 Å². The normalized spacial score (nSPS) is 10.4. The largest absolute Gasteiger partial charge is 0.240 e. The van der Waals surface area contributed by atoms with Crippen LogP contribution in [0.15, 0.2) is 6.20 Å². The monoisotopic (exact) mass is 196 g/mol. The minimum Gasteiger partial charge on any atom is -0.240 e. The quantitative estimate of drug-likeness (QED) is 0.740. The molecule has 1 aromatic heterocycles. The Morgan fingerprint density at radius 1 is 1.38 bits per heavy atom. The second kappa shape index (κ2) is 5.22. The molecule has 0 aliphatic rings. The fraction of sp³-hybridized carbons (Fsp3) is 0.600. The third-order valence-corrected chi connectivity index (χ3v) is 2.82. The van der Waals surface area contributed by atoms with Gasteiger partial charge in [-0.3, -0.25) is 0 Å². The topological polar surface area (TPSA) is 25.8 Å². The molecule has 0 aliphatic heterocycles. The first kappa shape index (κ1) is 10.5. The highest BCUT2D eigenvalue weighted by molar-refractivity contribution is 7.98. The number of aromatic nitrogens is 2. The van der Waals surface area contributed by atoms with Crippen molar-refractivity contribution in [2.45, 2.75) is 32.9 Å². The van der Waals surface area contributed by atoms with Crippen LogP contribution in [0.4, 0.5) is 0 Å². The zero-order valence-corrected chi connectivity index (χ0v) is 9.32. The van der Waals surface area contributed by atoms with Gasteiger partial charge < -0.3 is 0 Å². The van der Waals surface area contributed by atoms with Crippen LogP contribution in [0.5, 0.6) is 0 Å². The van der Waals surface area contributed by atoms with Crippen molar-refractivity contribution in [2.24, 2.45) is 0 Å². The summed E-state index contributed by atoms with van der Waals surface area (Å²) in [5, 5.41) is 0. The Morgan fingerprint density at radius 2 is 2.15 bits per heavy atom. The summed E-state index contributed by atoms with van der Waals surface area (Å²) in [5.74, 6) is 3.01. The molecule has 0 aliphatic carbocycles. The number of rotatable bonds is 4. The van der Waals surface area contributed by atoms with E-state index in [1.165, 1.54) is 5.56 Å². The molecule has 3 heteroatoms. The molecule has 0 fully saturated rings. The summed E-state index contributed by atoms with van der Waals surface area (Å²) in [4.78, 5) is 8.77. The standard InChI is InChI=1S/C10H16N2S/c1-4-9-6-11-10(7-13-5-2)12-8(9)3/h6H,4-5,7H2,1-3H3. The van der Waals surface area contributed by atoms with E-state index in [9.17, 15) is 0 Å². The van der Waals surface area contributed by atoms with Crippen molar-refractivity contribution < 1.29 is 0 Å². The molecule has 0 atom stereocenters. The van der Waals surface area contributed by atoms with Crippen molar-refractivity contribution >= 4 is 11.8 Å². The molecular weight excluding hydrogens is 180 g/mol. The molecule has 0 amide bonds. The molecule has 0 spiro atoms. The van der Waals surface area contributed by atoms with E-state index in [1.54, 1.807) is 0 Å². The lowest BCUT2D eigenvalue weighted by atomic mass is 10.2. The molecule has 13 heavy (non-hydrogen) atoms. The summed E-state index contributed by atoms with van der Waals surface area (Å²) < 4.78 is 0. The van der Waals surface area contributed by atoms with Gasteiger partial charge in [-0.2, -0.15) is 11.8 Å². The van der Waals surface area contributed by atoms with E-state index in [1.807, 2.05) is 18.0 Å². The van der Waals surface area contributed by atoms with Gasteiger partial charge in [0.15, 0.2) is 0 Å². The summed E-state index contributed by atoms with van der Waals surface area (Å²) in [5.41, 5.74) is 2.38. The van der Waals surface area contributed by atoms with Crippen molar-refractivity contribution in [3.8, 4) is 0 Å². The Balaban J connectivity index is 2.71. The molecule has 2 nitrogen and oxygen atoms in total. The van der Waals surface area contributed by atoms with Gasteiger partial charge in [0.1, 0.15) is 5.82 Å². The molecule has 0 N–H and O–H groups in total. The third-order valence-electron chi connectivity index (χ3n) is 1.95. The molecular formula is C10H16N2S. The van der Waals surface area contributed by atoms with E-state index in [2.05, 4.69) is 30.7 Å². The van der Waals surface area contributed by atoms with Crippen molar-refractivity contribution in [3.05, 3.63) is 23.3 Å². The van der Waals surface area contributed by atoms with Crippen LogP contribution in [-0.2, 0) is 12.2 Å². The number of nitrogens with zero attached hydrogens (tertiary/aromatic N) is 2. The number of thioether (sulfide) groups is 1. The maximum Gasteiger partial charge on any atom is 0.138 e. The van der Waals surface area contributed by atoms with Crippen LogP contribution >= 0.6 is 11.8 Å². The molecule has 1 heterocycles. The molecule has 0 saturated heterocycles. The average Bonchev–Trinajstić information content (AvgIpc) is 2.15. The van der Waals surface area contributed by atoms with Crippen LogP contribution in [0.25, 0.3) is 0 Å². The van der Waals surface area contributed by atoms with Gasteiger partial charge in [-0.25, -0.2) is 9.97 Å². The minimum absolute atomic E-state index is 0.932. The lowest BCUT2D eigenvalue weighted by Gasteiger charge is -2.03. The van der Waals surface area contributed by atoms with Crippen LogP contribution < -0.4 is 0 Å². The van der Waals surface area contributed by atoms with Crippen LogP contribution in [0.3, 0.4) is 0 Å². The van der Waals surface area contributed by atoms with Gasteiger partial charge in [-0.15, -0.1) is 0 Å². The number of hydrogen-bond donors (Lipinski definition) is 0. The fourth-order valence-electron chi connectivity index (χ4n) is 1.15. The first-order valence-electron chi connectivity index (χ1n) is 4.67. The molecule has 1 rings (SSSR count). The zero-order valence-electron chi connectivity index (χ0n) is 8.50. The average molecular weight is 196 g/mol. The van der Waals surface area contributed by atoms with Crippen LogP contribution in [0.1, 0.15) is 30.9 Å². The van der Waals surface area contributed by atoms with Crippen molar-refractivity contribution in [3.63, 3.8) is 0 Å². The van der Waals surface area contributed by atoms with Crippen LogP contribution in [0.2, 0.25) is 0 Å². The van der Waals surface area contributed by atoms with Crippen molar-refractivity contribution in [1.82, 2.24) is 9.97 Å². The number of aryl methyl sites for hydroxylation is 2. The first-order chi connectivity index (χ1) is 6.27. The van der Waals surface area contributed by atoms with Gasteiger partial charge in [-0.05, 0) is 24.7 Å². The first-order valence-corrected chi connectivity index (χ1v) is 5.82. The van der Waals surface area contributed by atoms with Gasteiger partial charge >= 0.3 is 0 Å². The Morgan fingerprint density at radius 3 is 2.69 bits per heavy atom. The summed E-state index contributed by atoms with van der Waals surface area (Å²) in [6.07, 6.45) is 2.97. The van der Waals surface area contributed by atoms with Gasteiger partial charge in [-0.1, -0.05) is 13.8 Å². The molecule has 0 radical (unpaired) electrons. The summed E-state index contributed by atoms with van der Waals surface area (Å²) in [7, 11) is 0. The molecule has 0 aromatic carbocycles. The van der Waals surface area contributed by atoms with Gasteiger partial charge in [0, 0.05) is 11.9 Å². The Kier molecular flexibility index (Phi) is 4.22. The van der Waals surface area contributed by atoms with E-state index in [-0.39, 0.29) is 0 Å². The van der Waals surface area contributed by atoms with Gasteiger partial charge in [0.2, 0.25) is 0 Å². The third kappa shape index (κ3) is 2.99. The lowest BCUT2D eigenvalue weighted by Crippen LogP contribution is -1.99. The maximum absolute atomic E-state index is 4.45. The zero-order chi connectivity index (χ0) is 9.68. The van der Waals surface area contributed by atoms with Gasteiger partial charge in [0.05, 0.1) is 5.75 Å². The second-order valence-electron chi connectivity index (χ2n) is 2.89. The van der Waals surface area contributed by atoms with E-state index in [0.717, 1.165) is 29.4 Å².